The van der Waals surface area contributed by atoms with Gasteiger partial charge in [0, 0.05) is 11.1 Å². The first-order valence-corrected chi connectivity index (χ1v) is 7.55. The predicted octanol–water partition coefficient (Wildman–Crippen LogP) is 2.07. The van der Waals surface area contributed by atoms with E-state index in [2.05, 4.69) is 51.7 Å². The molecule has 1 aliphatic rings. The second-order valence-electron chi connectivity index (χ2n) is 8.02. The fourth-order valence-electron chi connectivity index (χ4n) is 3.04. The molecule has 6 heteroatoms. The summed E-state index contributed by atoms with van der Waals surface area (Å²) in [7, 11) is 0. The fourth-order valence-corrected chi connectivity index (χ4v) is 3.04. The van der Waals surface area contributed by atoms with Gasteiger partial charge in [0.15, 0.2) is 12.5 Å². The molecule has 2 atom stereocenters. The molecule has 0 saturated carbocycles. The van der Waals surface area contributed by atoms with Gasteiger partial charge in [-0.15, -0.1) is 0 Å². The van der Waals surface area contributed by atoms with Crippen molar-refractivity contribution >= 4 is 0 Å². The van der Waals surface area contributed by atoms with E-state index in [1.54, 1.807) is 12.4 Å². The van der Waals surface area contributed by atoms with Crippen LogP contribution in [0.4, 0.5) is 0 Å². The molecule has 2 aromatic rings. The molecule has 6 nitrogen and oxygen atoms in total. The van der Waals surface area contributed by atoms with Crippen LogP contribution in [-0.4, -0.2) is 29.8 Å². The Morgan fingerprint density at radius 1 is 0.773 bits per heavy atom. The Hall–Kier alpha value is -1.66. The van der Waals surface area contributed by atoms with E-state index in [0.717, 1.165) is 11.1 Å². The summed E-state index contributed by atoms with van der Waals surface area (Å²) in [6.45, 7) is 12.4. The third-order valence-corrected chi connectivity index (χ3v) is 4.24. The maximum atomic E-state index is 10.8. The normalized spacial score (nSPS) is 21.6. The standard InChI is InChI=1S/C16H24N4O2/c1-15(2,3)9-7-17-19-11(9)13(21)20-12(14(19)22)10(8-18-20)16(4,5)6/h7-8,13-14,21-22H,1-6H3/t13-,14+. The minimum absolute atomic E-state index is 0.175. The molecule has 0 fully saturated rings. The van der Waals surface area contributed by atoms with E-state index < -0.39 is 12.5 Å². The monoisotopic (exact) mass is 304 g/mol. The lowest BCUT2D eigenvalue weighted by molar-refractivity contribution is 0.0401. The van der Waals surface area contributed by atoms with Gasteiger partial charge in [0.2, 0.25) is 0 Å². The lowest BCUT2D eigenvalue weighted by Crippen LogP contribution is -2.33. The molecule has 3 heterocycles. The number of aromatic nitrogens is 4. The zero-order chi connectivity index (χ0) is 16.4. The smallest absolute Gasteiger partial charge is 0.190 e. The number of fused-ring (bicyclic) bond motifs is 2. The van der Waals surface area contributed by atoms with E-state index in [4.69, 9.17) is 0 Å². The van der Waals surface area contributed by atoms with Gasteiger partial charge in [-0.2, -0.15) is 10.2 Å². The summed E-state index contributed by atoms with van der Waals surface area (Å²) in [5.41, 5.74) is 2.69. The Morgan fingerprint density at radius 3 is 1.36 bits per heavy atom. The van der Waals surface area contributed by atoms with Crippen LogP contribution in [0.25, 0.3) is 0 Å². The first-order valence-electron chi connectivity index (χ1n) is 7.55. The van der Waals surface area contributed by atoms with Gasteiger partial charge in [-0.3, -0.25) is 0 Å². The Kier molecular flexibility index (Phi) is 3.07. The highest BCUT2D eigenvalue weighted by Gasteiger charge is 2.39. The van der Waals surface area contributed by atoms with Crippen LogP contribution in [0.1, 0.15) is 76.5 Å². The SMILES string of the molecule is CC(C)(C)c1cnn2c1[C@H](O)n1ncc(C(C)(C)C)c1[C@H]2O. The third-order valence-electron chi connectivity index (χ3n) is 4.24. The van der Waals surface area contributed by atoms with Gasteiger partial charge in [-0.05, 0) is 10.8 Å². The average Bonchev–Trinajstić information content (AvgIpc) is 2.98. The Balaban J connectivity index is 2.21. The van der Waals surface area contributed by atoms with E-state index in [-0.39, 0.29) is 10.8 Å². The summed E-state index contributed by atoms with van der Waals surface area (Å²) in [5, 5.41) is 30.2. The predicted molar refractivity (Wildman–Crippen MR) is 82.6 cm³/mol. The van der Waals surface area contributed by atoms with Crippen LogP contribution in [-0.2, 0) is 10.8 Å². The summed E-state index contributed by atoms with van der Waals surface area (Å²) < 4.78 is 3.02. The van der Waals surface area contributed by atoms with Gasteiger partial charge < -0.3 is 10.2 Å². The highest BCUT2D eigenvalue weighted by Crippen LogP contribution is 2.40. The van der Waals surface area contributed by atoms with Crippen molar-refractivity contribution < 1.29 is 10.2 Å². The lowest BCUT2D eigenvalue weighted by Gasteiger charge is -2.31. The molecule has 2 aromatic heterocycles. The van der Waals surface area contributed by atoms with Gasteiger partial charge >= 0.3 is 0 Å². The number of rotatable bonds is 0. The van der Waals surface area contributed by atoms with Crippen molar-refractivity contribution in [2.45, 2.75) is 64.8 Å². The Labute approximate surface area is 130 Å². The molecule has 0 saturated heterocycles. The number of hydrogen-bond acceptors (Lipinski definition) is 4. The van der Waals surface area contributed by atoms with Gasteiger partial charge in [-0.25, -0.2) is 9.36 Å². The number of nitrogens with zero attached hydrogens (tertiary/aromatic N) is 4. The molecule has 0 aromatic carbocycles. The van der Waals surface area contributed by atoms with E-state index in [0.29, 0.717) is 11.4 Å². The summed E-state index contributed by atoms with van der Waals surface area (Å²) in [4.78, 5) is 0. The molecule has 120 valence electrons. The molecule has 1 aliphatic heterocycles. The third kappa shape index (κ3) is 2.01. The lowest BCUT2D eigenvalue weighted by atomic mass is 9.85. The topological polar surface area (TPSA) is 76.1 Å². The summed E-state index contributed by atoms with van der Waals surface area (Å²) in [5.74, 6) is 0. The molecule has 0 radical (unpaired) electrons. The van der Waals surface area contributed by atoms with Crippen molar-refractivity contribution in [2.75, 3.05) is 0 Å². The molecule has 0 bridgehead atoms. The number of aliphatic hydroxyl groups excluding tert-OH is 2. The van der Waals surface area contributed by atoms with Gasteiger partial charge in [0.05, 0.1) is 23.8 Å². The second-order valence-corrected chi connectivity index (χ2v) is 8.02. The maximum Gasteiger partial charge on any atom is 0.190 e. The van der Waals surface area contributed by atoms with Crippen LogP contribution in [0, 0.1) is 0 Å². The van der Waals surface area contributed by atoms with Crippen LogP contribution < -0.4 is 0 Å². The second kappa shape index (κ2) is 4.43. The molecule has 0 spiro atoms. The van der Waals surface area contributed by atoms with Gasteiger partial charge in [0.25, 0.3) is 0 Å². The molecular weight excluding hydrogens is 280 g/mol. The summed E-state index contributed by atoms with van der Waals surface area (Å²) in [6, 6.07) is 0. The zero-order valence-corrected chi connectivity index (χ0v) is 14.0. The Bertz CT molecular complexity index is 653. The molecule has 0 aliphatic carbocycles. The average molecular weight is 304 g/mol. The maximum absolute atomic E-state index is 10.8. The largest absolute Gasteiger partial charge is 0.367 e. The van der Waals surface area contributed by atoms with Gasteiger partial charge in [0.1, 0.15) is 0 Å². The van der Waals surface area contributed by atoms with Crippen LogP contribution in [0.15, 0.2) is 12.4 Å². The van der Waals surface area contributed by atoms with Crippen LogP contribution in [0.3, 0.4) is 0 Å². The fraction of sp³-hybridized carbons (Fsp3) is 0.625. The van der Waals surface area contributed by atoms with E-state index in [9.17, 15) is 10.2 Å². The number of aliphatic hydroxyl groups is 2. The first-order chi connectivity index (χ1) is 10.0. The van der Waals surface area contributed by atoms with E-state index in [1.165, 1.54) is 9.36 Å². The Morgan fingerprint density at radius 2 is 1.09 bits per heavy atom. The first kappa shape index (κ1) is 15.2. The van der Waals surface area contributed by atoms with Crippen molar-refractivity contribution in [3.8, 4) is 0 Å². The highest BCUT2D eigenvalue weighted by molar-refractivity contribution is 5.36. The zero-order valence-electron chi connectivity index (χ0n) is 14.0. The molecule has 3 rings (SSSR count). The molecular formula is C16H24N4O2. The number of hydrogen-bond donors (Lipinski definition) is 2. The quantitative estimate of drug-likeness (QED) is 0.781. The minimum Gasteiger partial charge on any atom is -0.367 e. The molecule has 0 amide bonds. The van der Waals surface area contributed by atoms with Crippen molar-refractivity contribution in [2.24, 2.45) is 0 Å². The van der Waals surface area contributed by atoms with Crippen molar-refractivity contribution in [1.82, 2.24) is 19.6 Å². The van der Waals surface area contributed by atoms with Crippen LogP contribution in [0.2, 0.25) is 0 Å². The summed E-state index contributed by atoms with van der Waals surface area (Å²) in [6.07, 6.45) is 1.58. The van der Waals surface area contributed by atoms with E-state index >= 15 is 0 Å². The van der Waals surface area contributed by atoms with E-state index in [1.807, 2.05) is 0 Å². The van der Waals surface area contributed by atoms with Crippen LogP contribution >= 0.6 is 0 Å². The minimum atomic E-state index is -0.939. The summed E-state index contributed by atoms with van der Waals surface area (Å²) >= 11 is 0. The van der Waals surface area contributed by atoms with Gasteiger partial charge in [-0.1, -0.05) is 41.5 Å². The van der Waals surface area contributed by atoms with Crippen LogP contribution in [0.5, 0.6) is 0 Å². The van der Waals surface area contributed by atoms with Crippen molar-refractivity contribution in [3.05, 3.63) is 34.9 Å². The van der Waals surface area contributed by atoms with Crippen molar-refractivity contribution in [3.63, 3.8) is 0 Å². The molecule has 2 N–H and O–H groups in total. The molecule has 22 heavy (non-hydrogen) atoms. The van der Waals surface area contributed by atoms with Crippen molar-refractivity contribution in [1.29, 1.82) is 0 Å². The molecule has 0 unspecified atom stereocenters. The highest BCUT2D eigenvalue weighted by atomic mass is 16.3.